The lowest BCUT2D eigenvalue weighted by molar-refractivity contribution is 0.590. The zero-order valence-corrected chi connectivity index (χ0v) is 16.3. The average Bonchev–Trinajstić information content (AvgIpc) is 2.69. The molecule has 0 bridgehead atoms. The molecule has 0 amide bonds. The Morgan fingerprint density at radius 2 is 1.67 bits per heavy atom. The minimum Gasteiger partial charge on any atom is -0.311 e. The van der Waals surface area contributed by atoms with Crippen molar-refractivity contribution in [3.05, 3.63) is 103 Å². The van der Waals surface area contributed by atoms with Gasteiger partial charge in [-0.3, -0.25) is 4.98 Å². The van der Waals surface area contributed by atoms with Gasteiger partial charge in [-0.05, 0) is 53.5 Å². The van der Waals surface area contributed by atoms with Crippen LogP contribution in [0.1, 0.15) is 26.3 Å². The van der Waals surface area contributed by atoms with Gasteiger partial charge in [-0.1, -0.05) is 64.3 Å². The lowest BCUT2D eigenvalue weighted by Gasteiger charge is -2.27. The van der Waals surface area contributed by atoms with Crippen LogP contribution in [0.5, 0.6) is 0 Å². The molecule has 0 aliphatic heterocycles. The summed E-state index contributed by atoms with van der Waals surface area (Å²) in [6.45, 7) is 14.8. The average molecular weight is 354 g/mol. The van der Waals surface area contributed by atoms with Crippen molar-refractivity contribution in [1.82, 2.24) is 4.98 Å². The van der Waals surface area contributed by atoms with Crippen molar-refractivity contribution >= 4 is 11.4 Å². The Morgan fingerprint density at radius 1 is 0.926 bits per heavy atom. The standard InChI is InChI=1S/C25H26N2/c1-6-19(2)27(22-15-13-21(14-16-22)25(3,4)5)23-11-9-10-20(18-23)24-12-7-8-17-26-24/h6-18H,1-2H2,3-5H3. The second kappa shape index (κ2) is 7.63. The maximum absolute atomic E-state index is 4.46. The molecule has 2 aromatic carbocycles. The lowest BCUT2D eigenvalue weighted by atomic mass is 9.87. The molecule has 1 heterocycles. The first-order valence-corrected chi connectivity index (χ1v) is 9.13. The number of hydrogen-bond donors (Lipinski definition) is 0. The van der Waals surface area contributed by atoms with Crippen molar-refractivity contribution in [1.29, 1.82) is 0 Å². The van der Waals surface area contributed by atoms with Gasteiger partial charge in [0.05, 0.1) is 5.69 Å². The molecule has 0 spiro atoms. The molecule has 0 atom stereocenters. The highest BCUT2D eigenvalue weighted by Crippen LogP contribution is 2.33. The van der Waals surface area contributed by atoms with Crippen molar-refractivity contribution in [2.24, 2.45) is 0 Å². The Morgan fingerprint density at radius 3 is 2.26 bits per heavy atom. The van der Waals surface area contributed by atoms with Gasteiger partial charge in [-0.15, -0.1) is 0 Å². The predicted octanol–water partition coefficient (Wildman–Crippen LogP) is 6.88. The second-order valence-electron chi connectivity index (χ2n) is 7.59. The van der Waals surface area contributed by atoms with E-state index >= 15 is 0 Å². The van der Waals surface area contributed by atoms with E-state index in [9.17, 15) is 0 Å². The van der Waals surface area contributed by atoms with Crippen LogP contribution in [0.2, 0.25) is 0 Å². The van der Waals surface area contributed by atoms with Gasteiger partial charge in [0.1, 0.15) is 0 Å². The van der Waals surface area contributed by atoms with Gasteiger partial charge in [0, 0.05) is 28.8 Å². The number of pyridine rings is 1. The number of rotatable bonds is 5. The molecule has 2 heteroatoms. The van der Waals surface area contributed by atoms with Crippen LogP contribution in [0.15, 0.2) is 97.9 Å². The molecule has 0 fully saturated rings. The summed E-state index contributed by atoms with van der Waals surface area (Å²) in [5.41, 5.74) is 6.37. The summed E-state index contributed by atoms with van der Waals surface area (Å²) in [6, 6.07) is 22.9. The van der Waals surface area contributed by atoms with Crippen LogP contribution >= 0.6 is 0 Å². The highest BCUT2D eigenvalue weighted by molar-refractivity contribution is 5.74. The largest absolute Gasteiger partial charge is 0.311 e. The quantitative estimate of drug-likeness (QED) is 0.464. The van der Waals surface area contributed by atoms with Gasteiger partial charge in [-0.25, -0.2) is 0 Å². The smallest absolute Gasteiger partial charge is 0.0702 e. The fourth-order valence-electron chi connectivity index (χ4n) is 3.02. The van der Waals surface area contributed by atoms with Gasteiger partial charge < -0.3 is 4.90 Å². The topological polar surface area (TPSA) is 16.1 Å². The first-order chi connectivity index (χ1) is 12.9. The molecule has 0 aliphatic rings. The number of anilines is 2. The highest BCUT2D eigenvalue weighted by atomic mass is 15.1. The van der Waals surface area contributed by atoms with E-state index in [1.165, 1.54) is 5.56 Å². The van der Waals surface area contributed by atoms with Crippen molar-refractivity contribution in [3.8, 4) is 11.3 Å². The Labute approximate surface area is 162 Å². The van der Waals surface area contributed by atoms with Crippen LogP contribution in [0.25, 0.3) is 11.3 Å². The number of allylic oxidation sites excluding steroid dienone is 1. The molecule has 0 saturated heterocycles. The van der Waals surface area contributed by atoms with E-state index in [4.69, 9.17) is 0 Å². The van der Waals surface area contributed by atoms with Crippen LogP contribution < -0.4 is 4.90 Å². The van der Waals surface area contributed by atoms with Crippen LogP contribution in [0.4, 0.5) is 11.4 Å². The molecule has 27 heavy (non-hydrogen) atoms. The molecule has 3 rings (SSSR count). The Kier molecular flexibility index (Phi) is 5.27. The number of hydrogen-bond acceptors (Lipinski definition) is 2. The van der Waals surface area contributed by atoms with Crippen molar-refractivity contribution in [2.45, 2.75) is 26.2 Å². The first-order valence-electron chi connectivity index (χ1n) is 9.13. The highest BCUT2D eigenvalue weighted by Gasteiger charge is 2.16. The fourth-order valence-corrected chi connectivity index (χ4v) is 3.02. The molecular weight excluding hydrogens is 328 g/mol. The maximum Gasteiger partial charge on any atom is 0.0702 e. The van der Waals surface area contributed by atoms with Gasteiger partial charge in [0.2, 0.25) is 0 Å². The molecule has 0 radical (unpaired) electrons. The third-order valence-electron chi connectivity index (χ3n) is 4.58. The number of benzene rings is 2. The first kappa shape index (κ1) is 18.7. The summed E-state index contributed by atoms with van der Waals surface area (Å²) in [6.07, 6.45) is 3.60. The summed E-state index contributed by atoms with van der Waals surface area (Å²) in [5, 5.41) is 0. The predicted molar refractivity (Wildman–Crippen MR) is 116 cm³/mol. The molecule has 0 aliphatic carbocycles. The SMILES string of the molecule is C=CC(=C)N(c1ccc(C(C)(C)C)cc1)c1cccc(-c2ccccn2)c1. The van der Waals surface area contributed by atoms with Crippen LogP contribution in [0.3, 0.4) is 0 Å². The van der Waals surface area contributed by atoms with Crippen molar-refractivity contribution in [3.63, 3.8) is 0 Å². The van der Waals surface area contributed by atoms with E-state index < -0.39 is 0 Å². The summed E-state index contributed by atoms with van der Waals surface area (Å²) in [4.78, 5) is 6.58. The third kappa shape index (κ3) is 4.17. The molecule has 2 nitrogen and oxygen atoms in total. The molecule has 136 valence electrons. The molecule has 0 N–H and O–H groups in total. The molecular formula is C25H26N2. The van der Waals surface area contributed by atoms with E-state index in [1.807, 2.05) is 30.5 Å². The maximum atomic E-state index is 4.46. The normalized spacial score (nSPS) is 11.1. The molecule has 1 aromatic heterocycles. The van der Waals surface area contributed by atoms with Gasteiger partial charge in [0.15, 0.2) is 0 Å². The van der Waals surface area contributed by atoms with E-state index in [2.05, 4.69) is 86.3 Å². The van der Waals surface area contributed by atoms with Gasteiger partial charge in [0.25, 0.3) is 0 Å². The van der Waals surface area contributed by atoms with Crippen LogP contribution in [0, 0.1) is 0 Å². The fraction of sp³-hybridized carbons (Fsp3) is 0.160. The number of aromatic nitrogens is 1. The Balaban J connectivity index is 2.04. The summed E-state index contributed by atoms with van der Waals surface area (Å²) < 4.78 is 0. The number of nitrogens with zero attached hydrogens (tertiary/aromatic N) is 2. The van der Waals surface area contributed by atoms with E-state index in [1.54, 1.807) is 6.08 Å². The third-order valence-corrected chi connectivity index (χ3v) is 4.58. The van der Waals surface area contributed by atoms with E-state index in [0.717, 1.165) is 28.3 Å². The zero-order valence-electron chi connectivity index (χ0n) is 16.3. The van der Waals surface area contributed by atoms with E-state index in [-0.39, 0.29) is 5.41 Å². The summed E-state index contributed by atoms with van der Waals surface area (Å²) in [7, 11) is 0. The second-order valence-corrected chi connectivity index (χ2v) is 7.59. The minimum atomic E-state index is 0.123. The van der Waals surface area contributed by atoms with Crippen LogP contribution in [-0.4, -0.2) is 4.98 Å². The monoisotopic (exact) mass is 354 g/mol. The molecule has 0 unspecified atom stereocenters. The lowest BCUT2D eigenvalue weighted by Crippen LogP contribution is -2.15. The zero-order chi connectivity index (χ0) is 19.4. The molecule has 0 saturated carbocycles. The summed E-state index contributed by atoms with van der Waals surface area (Å²) >= 11 is 0. The Hall–Kier alpha value is -3.13. The molecule has 3 aromatic rings. The van der Waals surface area contributed by atoms with Crippen molar-refractivity contribution in [2.75, 3.05) is 4.90 Å². The van der Waals surface area contributed by atoms with Crippen molar-refractivity contribution < 1.29 is 0 Å². The minimum absolute atomic E-state index is 0.123. The van der Waals surface area contributed by atoms with E-state index in [0.29, 0.717) is 0 Å². The summed E-state index contributed by atoms with van der Waals surface area (Å²) in [5.74, 6) is 0. The van der Waals surface area contributed by atoms with Crippen LogP contribution in [-0.2, 0) is 5.41 Å². The Bertz CT molecular complexity index is 932. The van der Waals surface area contributed by atoms with Gasteiger partial charge >= 0.3 is 0 Å². The van der Waals surface area contributed by atoms with Gasteiger partial charge in [-0.2, -0.15) is 0 Å².